The monoisotopic (exact) mass is 244 g/mol. The number of carboxylic acids is 1. The van der Waals surface area contributed by atoms with Crippen molar-refractivity contribution in [3.8, 4) is 0 Å². The molecule has 0 aromatic rings. The Morgan fingerprint density at radius 2 is 2.38 bits per heavy atom. The summed E-state index contributed by atoms with van der Waals surface area (Å²) in [5.41, 5.74) is 0. The zero-order valence-corrected chi connectivity index (χ0v) is 9.31. The Morgan fingerprint density at radius 1 is 1.56 bits per heavy atom. The molecule has 0 aliphatic carbocycles. The lowest BCUT2D eigenvalue weighted by Gasteiger charge is -2.12. The lowest BCUT2D eigenvalue weighted by molar-refractivity contribution is -0.131. The molecule has 0 bridgehead atoms. The normalized spacial score (nSPS) is 32.5. The first-order valence-corrected chi connectivity index (χ1v) is 6.10. The molecule has 0 aromatic heterocycles. The van der Waals surface area contributed by atoms with Gasteiger partial charge in [-0.25, -0.2) is 9.59 Å². The lowest BCUT2D eigenvalue weighted by Crippen LogP contribution is -2.26. The van der Waals surface area contributed by atoms with Crippen LogP contribution < -0.4 is 0 Å². The van der Waals surface area contributed by atoms with E-state index in [9.17, 15) is 9.59 Å². The van der Waals surface area contributed by atoms with E-state index in [4.69, 9.17) is 14.6 Å². The Labute approximate surface area is 96.8 Å². The van der Waals surface area contributed by atoms with Crippen molar-refractivity contribution in [3.05, 3.63) is 12.2 Å². The summed E-state index contributed by atoms with van der Waals surface area (Å²) in [6.07, 6.45) is 3.36. The molecule has 2 saturated heterocycles. The number of thioether (sulfide) groups is 1. The summed E-state index contributed by atoms with van der Waals surface area (Å²) in [4.78, 5) is 21.1. The summed E-state index contributed by atoms with van der Waals surface area (Å²) in [6.45, 7) is 0. The quantitative estimate of drug-likeness (QED) is 0.595. The largest absolute Gasteiger partial charge is 0.509 e. The van der Waals surface area contributed by atoms with E-state index in [-0.39, 0.29) is 17.5 Å². The maximum Gasteiger partial charge on any atom is 0.509 e. The average molecular weight is 244 g/mol. The third-order valence-electron chi connectivity index (χ3n) is 2.57. The number of carbonyl (C=O) groups excluding carboxylic acids is 1. The van der Waals surface area contributed by atoms with Crippen molar-refractivity contribution in [2.24, 2.45) is 0 Å². The summed E-state index contributed by atoms with van der Waals surface area (Å²) in [5, 5.41) is 8.63. The number of aliphatic carboxylic acids is 1. The van der Waals surface area contributed by atoms with Crippen molar-refractivity contribution in [2.75, 3.05) is 5.75 Å². The molecule has 0 aromatic carbocycles. The molecule has 6 heteroatoms. The molecule has 1 N–H and O–H groups in total. The van der Waals surface area contributed by atoms with Gasteiger partial charge in [-0.3, -0.25) is 0 Å². The second kappa shape index (κ2) is 4.78. The van der Waals surface area contributed by atoms with Crippen LogP contribution in [0.2, 0.25) is 0 Å². The molecule has 0 spiro atoms. The Kier molecular flexibility index (Phi) is 3.38. The van der Waals surface area contributed by atoms with Crippen LogP contribution in [0.1, 0.15) is 12.8 Å². The van der Waals surface area contributed by atoms with Crippen LogP contribution in [0.5, 0.6) is 0 Å². The molecule has 5 nitrogen and oxygen atoms in total. The first-order chi connectivity index (χ1) is 7.66. The van der Waals surface area contributed by atoms with Gasteiger partial charge in [-0.2, -0.15) is 11.8 Å². The molecule has 0 unspecified atom stereocenters. The second-order valence-corrected chi connectivity index (χ2v) is 4.95. The zero-order chi connectivity index (χ0) is 11.5. The molecular formula is C10H12O5S. The number of ether oxygens (including phenoxy) is 2. The van der Waals surface area contributed by atoms with Gasteiger partial charge in [-0.05, 0) is 12.8 Å². The van der Waals surface area contributed by atoms with Crippen LogP contribution in [0.4, 0.5) is 4.79 Å². The fourth-order valence-electron chi connectivity index (χ4n) is 1.86. The highest BCUT2D eigenvalue weighted by Crippen LogP contribution is 2.38. The molecule has 16 heavy (non-hydrogen) atoms. The van der Waals surface area contributed by atoms with E-state index in [0.29, 0.717) is 6.42 Å². The maximum absolute atomic E-state index is 10.9. The van der Waals surface area contributed by atoms with Gasteiger partial charge in [-0.1, -0.05) is 6.08 Å². The van der Waals surface area contributed by atoms with E-state index in [1.165, 1.54) is 0 Å². The van der Waals surface area contributed by atoms with E-state index < -0.39 is 12.1 Å². The van der Waals surface area contributed by atoms with Crippen LogP contribution in [-0.2, 0) is 14.3 Å². The van der Waals surface area contributed by atoms with Gasteiger partial charge in [0.2, 0.25) is 0 Å². The van der Waals surface area contributed by atoms with Crippen LogP contribution in [0.3, 0.4) is 0 Å². The summed E-state index contributed by atoms with van der Waals surface area (Å²) < 4.78 is 10.0. The first-order valence-electron chi connectivity index (χ1n) is 5.05. The molecule has 2 fully saturated rings. The van der Waals surface area contributed by atoms with Crippen LogP contribution in [0.15, 0.2) is 12.2 Å². The van der Waals surface area contributed by atoms with Crippen molar-refractivity contribution in [1.29, 1.82) is 0 Å². The van der Waals surface area contributed by atoms with Gasteiger partial charge in [0.15, 0.2) is 12.2 Å². The maximum atomic E-state index is 10.9. The van der Waals surface area contributed by atoms with Crippen LogP contribution >= 0.6 is 11.8 Å². The molecule has 2 aliphatic rings. The van der Waals surface area contributed by atoms with Crippen molar-refractivity contribution in [1.82, 2.24) is 0 Å². The minimum absolute atomic E-state index is 0.119. The molecular weight excluding hydrogens is 232 g/mol. The molecule has 0 saturated carbocycles. The SMILES string of the molecule is O=C(O)C=CCC[C@@H]1SC[C@@H]2OC(=O)O[C@@H]21. The molecule has 0 amide bonds. The molecule has 3 atom stereocenters. The third kappa shape index (κ3) is 2.49. The molecule has 2 heterocycles. The van der Waals surface area contributed by atoms with Crippen LogP contribution in [-0.4, -0.2) is 40.4 Å². The fourth-order valence-corrected chi connectivity index (χ4v) is 3.27. The molecule has 2 rings (SSSR count). The summed E-state index contributed by atoms with van der Waals surface area (Å²) in [5.74, 6) is -0.170. The van der Waals surface area contributed by atoms with E-state index in [0.717, 1.165) is 18.2 Å². The van der Waals surface area contributed by atoms with Crippen LogP contribution in [0.25, 0.3) is 0 Å². The number of hydrogen-bond donors (Lipinski definition) is 1. The van der Waals surface area contributed by atoms with Gasteiger partial charge in [0, 0.05) is 17.1 Å². The van der Waals surface area contributed by atoms with E-state index in [1.807, 2.05) is 0 Å². The van der Waals surface area contributed by atoms with Crippen LogP contribution in [0, 0.1) is 0 Å². The van der Waals surface area contributed by atoms with Crippen molar-refractivity contribution in [3.63, 3.8) is 0 Å². The van der Waals surface area contributed by atoms with Gasteiger partial charge < -0.3 is 14.6 Å². The molecule has 2 aliphatic heterocycles. The lowest BCUT2D eigenvalue weighted by atomic mass is 10.1. The Morgan fingerprint density at radius 3 is 3.12 bits per heavy atom. The summed E-state index contributed by atoms with van der Waals surface area (Å²) in [6, 6.07) is 0. The van der Waals surface area contributed by atoms with E-state index in [1.54, 1.807) is 17.8 Å². The molecule has 0 radical (unpaired) electrons. The van der Waals surface area contributed by atoms with Gasteiger partial charge >= 0.3 is 12.1 Å². The minimum atomic E-state index is -0.937. The predicted molar refractivity (Wildman–Crippen MR) is 57.4 cm³/mol. The number of allylic oxidation sites excluding steroid dienone is 1. The fraction of sp³-hybridized carbons (Fsp3) is 0.600. The van der Waals surface area contributed by atoms with Crippen molar-refractivity contribution >= 4 is 23.9 Å². The number of carboxylic acid groups (broad SMARTS) is 1. The van der Waals surface area contributed by atoms with Crippen molar-refractivity contribution in [2.45, 2.75) is 30.3 Å². The van der Waals surface area contributed by atoms with Gasteiger partial charge in [0.05, 0.1) is 0 Å². The predicted octanol–water partition coefficient (Wildman–Crippen LogP) is 1.43. The van der Waals surface area contributed by atoms with Gasteiger partial charge in [0.25, 0.3) is 0 Å². The number of rotatable bonds is 4. The number of carbonyl (C=O) groups is 2. The standard InChI is InChI=1S/C10H12O5S/c11-8(12)4-2-1-3-7-9-6(5-16-7)14-10(13)15-9/h2,4,6-7,9H,1,3,5H2,(H,11,12)/t6-,7-,9-/m0/s1. The van der Waals surface area contributed by atoms with Gasteiger partial charge in [-0.15, -0.1) is 0 Å². The first kappa shape index (κ1) is 11.3. The Balaban J connectivity index is 1.78. The topological polar surface area (TPSA) is 72.8 Å². The number of fused-ring (bicyclic) bond motifs is 1. The smallest absolute Gasteiger partial charge is 0.478 e. The van der Waals surface area contributed by atoms with Crippen molar-refractivity contribution < 1.29 is 24.2 Å². The zero-order valence-electron chi connectivity index (χ0n) is 8.50. The third-order valence-corrected chi connectivity index (χ3v) is 4.02. The average Bonchev–Trinajstić information content (AvgIpc) is 2.72. The highest BCUT2D eigenvalue weighted by molar-refractivity contribution is 8.00. The van der Waals surface area contributed by atoms with Gasteiger partial charge in [0.1, 0.15) is 0 Å². The van der Waals surface area contributed by atoms with E-state index >= 15 is 0 Å². The highest BCUT2D eigenvalue weighted by atomic mass is 32.2. The summed E-state index contributed by atoms with van der Waals surface area (Å²) >= 11 is 1.71. The van der Waals surface area contributed by atoms with E-state index in [2.05, 4.69) is 0 Å². The number of hydrogen-bond acceptors (Lipinski definition) is 5. The Hall–Kier alpha value is -1.17. The highest BCUT2D eigenvalue weighted by Gasteiger charge is 2.46. The second-order valence-electron chi connectivity index (χ2n) is 3.68. The molecule has 88 valence electrons. The minimum Gasteiger partial charge on any atom is -0.478 e. The Bertz CT molecular complexity index is 327. The summed E-state index contributed by atoms with van der Waals surface area (Å²) in [7, 11) is 0.